The van der Waals surface area contributed by atoms with E-state index in [0.717, 1.165) is 17.7 Å². The molecule has 2 rings (SSSR count). The van der Waals surface area contributed by atoms with E-state index in [2.05, 4.69) is 15.8 Å². The van der Waals surface area contributed by atoms with E-state index in [4.69, 9.17) is 4.74 Å². The molecule has 2 aromatic carbocycles. The minimum atomic E-state index is -0.315. The number of methoxy groups -OCH3 is 1. The van der Waals surface area contributed by atoms with Crippen LogP contribution in [0.3, 0.4) is 0 Å². The summed E-state index contributed by atoms with van der Waals surface area (Å²) in [6.07, 6.45) is 1.26. The van der Waals surface area contributed by atoms with Crippen LogP contribution in [-0.4, -0.2) is 24.6 Å². The SMILES string of the molecule is CCCC(=O)Nc1ccc(C(=O)NN=C(C)c2ccc(OC)cc2)cc1. The van der Waals surface area contributed by atoms with Crippen molar-refractivity contribution >= 4 is 23.2 Å². The number of amides is 2. The number of anilines is 1. The molecule has 0 saturated heterocycles. The Hall–Kier alpha value is -3.15. The first-order valence-electron chi connectivity index (χ1n) is 8.42. The van der Waals surface area contributed by atoms with E-state index in [1.165, 1.54) is 0 Å². The zero-order chi connectivity index (χ0) is 18.9. The van der Waals surface area contributed by atoms with Crippen LogP contribution in [0.5, 0.6) is 5.75 Å². The van der Waals surface area contributed by atoms with Crippen molar-refractivity contribution < 1.29 is 14.3 Å². The highest BCUT2D eigenvalue weighted by Crippen LogP contribution is 2.12. The van der Waals surface area contributed by atoms with Gasteiger partial charge < -0.3 is 10.1 Å². The highest BCUT2D eigenvalue weighted by Gasteiger charge is 2.06. The Morgan fingerprint density at radius 3 is 2.19 bits per heavy atom. The van der Waals surface area contributed by atoms with Crippen molar-refractivity contribution in [1.82, 2.24) is 5.43 Å². The summed E-state index contributed by atoms with van der Waals surface area (Å²) >= 11 is 0. The number of ether oxygens (including phenoxy) is 1. The van der Waals surface area contributed by atoms with Crippen molar-refractivity contribution in [2.24, 2.45) is 5.10 Å². The largest absolute Gasteiger partial charge is 0.497 e. The Morgan fingerprint density at radius 2 is 1.62 bits per heavy atom. The Labute approximate surface area is 153 Å². The Kier molecular flexibility index (Phi) is 6.91. The fraction of sp³-hybridized carbons (Fsp3) is 0.250. The van der Waals surface area contributed by atoms with Crippen LogP contribution >= 0.6 is 0 Å². The normalized spacial score (nSPS) is 11.0. The predicted octanol–water partition coefficient (Wildman–Crippen LogP) is 3.59. The summed E-state index contributed by atoms with van der Waals surface area (Å²) < 4.78 is 5.12. The Morgan fingerprint density at radius 1 is 1.00 bits per heavy atom. The zero-order valence-electron chi connectivity index (χ0n) is 15.2. The van der Waals surface area contributed by atoms with Gasteiger partial charge in [0.2, 0.25) is 5.91 Å². The average molecular weight is 353 g/mol. The van der Waals surface area contributed by atoms with Gasteiger partial charge in [-0.2, -0.15) is 5.10 Å². The van der Waals surface area contributed by atoms with E-state index < -0.39 is 0 Å². The molecule has 0 saturated carbocycles. The van der Waals surface area contributed by atoms with Gasteiger partial charge in [0.05, 0.1) is 12.8 Å². The molecule has 0 spiro atoms. The quantitative estimate of drug-likeness (QED) is 0.590. The molecule has 2 aromatic rings. The molecule has 0 radical (unpaired) electrons. The lowest BCUT2D eigenvalue weighted by Crippen LogP contribution is -2.19. The lowest BCUT2D eigenvalue weighted by molar-refractivity contribution is -0.116. The zero-order valence-corrected chi connectivity index (χ0v) is 15.2. The molecule has 6 heteroatoms. The van der Waals surface area contributed by atoms with E-state index >= 15 is 0 Å². The first kappa shape index (κ1) is 19.2. The third kappa shape index (κ3) is 5.44. The standard InChI is InChI=1S/C20H23N3O3/c1-4-5-19(24)21-17-10-6-16(7-11-17)20(25)23-22-14(2)15-8-12-18(26-3)13-9-15/h6-13H,4-5H2,1-3H3,(H,21,24)(H,23,25). The van der Waals surface area contributed by atoms with Crippen molar-refractivity contribution in [3.05, 3.63) is 59.7 Å². The Balaban J connectivity index is 1.96. The van der Waals surface area contributed by atoms with Crippen LogP contribution in [0.15, 0.2) is 53.6 Å². The number of nitrogens with zero attached hydrogens (tertiary/aromatic N) is 1. The second-order valence-electron chi connectivity index (χ2n) is 5.74. The first-order chi connectivity index (χ1) is 12.5. The minimum Gasteiger partial charge on any atom is -0.497 e. The molecule has 26 heavy (non-hydrogen) atoms. The van der Waals surface area contributed by atoms with Crippen LogP contribution in [0.25, 0.3) is 0 Å². The lowest BCUT2D eigenvalue weighted by Gasteiger charge is -2.06. The van der Waals surface area contributed by atoms with Gasteiger partial charge in [0, 0.05) is 17.7 Å². The number of rotatable bonds is 7. The van der Waals surface area contributed by atoms with Crippen LogP contribution in [0.1, 0.15) is 42.6 Å². The monoisotopic (exact) mass is 353 g/mol. The molecular formula is C20H23N3O3. The lowest BCUT2D eigenvalue weighted by atomic mass is 10.1. The molecule has 0 aliphatic carbocycles. The van der Waals surface area contributed by atoms with Gasteiger partial charge in [0.25, 0.3) is 5.91 Å². The van der Waals surface area contributed by atoms with Crippen LogP contribution in [0.4, 0.5) is 5.69 Å². The summed E-state index contributed by atoms with van der Waals surface area (Å²) in [6.45, 7) is 3.76. The smallest absolute Gasteiger partial charge is 0.271 e. The number of hydrazone groups is 1. The van der Waals surface area contributed by atoms with E-state index in [-0.39, 0.29) is 11.8 Å². The molecule has 0 aliphatic rings. The van der Waals surface area contributed by atoms with E-state index in [1.54, 1.807) is 31.4 Å². The van der Waals surface area contributed by atoms with Gasteiger partial charge in [-0.15, -0.1) is 0 Å². The molecule has 0 atom stereocenters. The van der Waals surface area contributed by atoms with Crippen LogP contribution < -0.4 is 15.5 Å². The van der Waals surface area contributed by atoms with Gasteiger partial charge in [-0.3, -0.25) is 9.59 Å². The molecule has 0 heterocycles. The number of carbonyl (C=O) groups excluding carboxylic acids is 2. The molecule has 2 N–H and O–H groups in total. The van der Waals surface area contributed by atoms with Gasteiger partial charge in [-0.1, -0.05) is 6.92 Å². The van der Waals surface area contributed by atoms with Crippen molar-refractivity contribution in [3.8, 4) is 5.75 Å². The summed E-state index contributed by atoms with van der Waals surface area (Å²) in [5, 5.41) is 6.91. The summed E-state index contributed by atoms with van der Waals surface area (Å²) in [7, 11) is 1.61. The molecule has 136 valence electrons. The summed E-state index contributed by atoms with van der Waals surface area (Å²) in [4.78, 5) is 23.8. The molecule has 6 nitrogen and oxygen atoms in total. The maximum atomic E-state index is 12.2. The van der Waals surface area contributed by atoms with Crippen LogP contribution in [0.2, 0.25) is 0 Å². The van der Waals surface area contributed by atoms with Crippen molar-refractivity contribution in [2.45, 2.75) is 26.7 Å². The third-order valence-electron chi connectivity index (χ3n) is 3.74. The second-order valence-corrected chi connectivity index (χ2v) is 5.74. The van der Waals surface area contributed by atoms with Gasteiger partial charge in [-0.05, 0) is 67.4 Å². The molecule has 0 bridgehead atoms. The number of benzene rings is 2. The number of nitrogens with one attached hydrogen (secondary N) is 2. The summed E-state index contributed by atoms with van der Waals surface area (Å²) in [5.41, 5.74) is 5.24. The highest BCUT2D eigenvalue weighted by atomic mass is 16.5. The maximum absolute atomic E-state index is 12.2. The number of hydrogen-bond donors (Lipinski definition) is 2. The van der Waals surface area contributed by atoms with E-state index in [0.29, 0.717) is 23.4 Å². The summed E-state index contributed by atoms with van der Waals surface area (Å²) in [5.74, 6) is 0.408. The Bertz CT molecular complexity index is 781. The molecule has 0 aliphatic heterocycles. The van der Waals surface area contributed by atoms with Crippen molar-refractivity contribution in [3.63, 3.8) is 0 Å². The van der Waals surface area contributed by atoms with Crippen molar-refractivity contribution in [2.75, 3.05) is 12.4 Å². The van der Waals surface area contributed by atoms with Crippen molar-refractivity contribution in [1.29, 1.82) is 0 Å². The first-order valence-corrected chi connectivity index (χ1v) is 8.42. The molecule has 0 aromatic heterocycles. The van der Waals surface area contributed by atoms with E-state index in [1.807, 2.05) is 38.1 Å². The van der Waals surface area contributed by atoms with Crippen LogP contribution in [-0.2, 0) is 4.79 Å². The van der Waals surface area contributed by atoms with Gasteiger partial charge in [-0.25, -0.2) is 5.43 Å². The average Bonchev–Trinajstić information content (AvgIpc) is 2.66. The predicted molar refractivity (Wildman–Crippen MR) is 103 cm³/mol. The minimum absolute atomic E-state index is 0.0376. The molecule has 2 amide bonds. The third-order valence-corrected chi connectivity index (χ3v) is 3.74. The van der Waals surface area contributed by atoms with Gasteiger partial charge >= 0.3 is 0 Å². The fourth-order valence-corrected chi connectivity index (χ4v) is 2.25. The number of carbonyl (C=O) groups is 2. The fourth-order valence-electron chi connectivity index (χ4n) is 2.25. The second kappa shape index (κ2) is 9.36. The molecular weight excluding hydrogens is 330 g/mol. The molecule has 0 unspecified atom stereocenters. The van der Waals surface area contributed by atoms with Gasteiger partial charge in [0.15, 0.2) is 0 Å². The molecule has 0 fully saturated rings. The van der Waals surface area contributed by atoms with E-state index in [9.17, 15) is 9.59 Å². The summed E-state index contributed by atoms with van der Waals surface area (Å²) in [6, 6.07) is 14.1. The topological polar surface area (TPSA) is 79.8 Å². The number of hydrogen-bond acceptors (Lipinski definition) is 4. The van der Waals surface area contributed by atoms with Gasteiger partial charge in [0.1, 0.15) is 5.75 Å². The highest BCUT2D eigenvalue weighted by molar-refractivity contribution is 6.01. The van der Waals surface area contributed by atoms with Crippen LogP contribution in [0, 0.1) is 0 Å². The maximum Gasteiger partial charge on any atom is 0.271 e.